The molecule has 0 spiro atoms. The first-order chi connectivity index (χ1) is 19.0. The Kier molecular flexibility index (Phi) is 7.50. The van der Waals surface area contributed by atoms with Crippen molar-refractivity contribution >= 4 is 23.2 Å². The molecule has 7 nitrogen and oxygen atoms in total. The Bertz CT molecular complexity index is 1470. The molecule has 7 heteroatoms. The lowest BCUT2D eigenvalue weighted by Gasteiger charge is -2.42. The molecule has 0 saturated carbocycles. The second-order valence-corrected chi connectivity index (χ2v) is 9.07. The number of rotatable bonds is 8. The Hall–Kier alpha value is -4.78. The van der Waals surface area contributed by atoms with Gasteiger partial charge in [-0.25, -0.2) is 0 Å². The van der Waals surface area contributed by atoms with Gasteiger partial charge in [0.25, 0.3) is 5.91 Å². The molecule has 0 bridgehead atoms. The molecule has 4 aromatic rings. The highest BCUT2D eigenvalue weighted by atomic mass is 16.5. The van der Waals surface area contributed by atoms with Gasteiger partial charge in [-0.2, -0.15) is 0 Å². The smallest absolute Gasteiger partial charge is 0.259 e. The van der Waals surface area contributed by atoms with Crippen LogP contribution in [0.15, 0.2) is 97.1 Å². The third-order valence-corrected chi connectivity index (χ3v) is 6.87. The standard InChI is InChI=1S/C32H30N2O5/c1-4-39-28-12-8-7-11-27(28)33-31(35)29-25-9-5-6-10-26(25)32(36)34(22-15-19-24(38-3)20-16-22)30(29)21-13-17-23(37-2)18-14-21/h5-20,29-30H,4H2,1-3H3,(H,33,35)/t29-,30+/m1/s1. The fourth-order valence-corrected chi connectivity index (χ4v) is 5.05. The number of anilines is 2. The maximum atomic E-state index is 14.2. The van der Waals surface area contributed by atoms with E-state index in [1.165, 1.54) is 0 Å². The summed E-state index contributed by atoms with van der Waals surface area (Å²) in [6, 6.07) is 28.8. The molecule has 5 rings (SSSR count). The minimum atomic E-state index is -0.718. The fourth-order valence-electron chi connectivity index (χ4n) is 5.05. The van der Waals surface area contributed by atoms with Crippen LogP contribution in [-0.4, -0.2) is 32.6 Å². The van der Waals surface area contributed by atoms with Crippen molar-refractivity contribution in [1.82, 2.24) is 0 Å². The monoisotopic (exact) mass is 522 g/mol. The van der Waals surface area contributed by atoms with Crippen molar-refractivity contribution in [2.45, 2.75) is 18.9 Å². The van der Waals surface area contributed by atoms with Crippen LogP contribution in [0.25, 0.3) is 0 Å². The van der Waals surface area contributed by atoms with Gasteiger partial charge in [-0.05, 0) is 72.6 Å². The molecule has 1 heterocycles. The molecule has 1 aliphatic rings. The van der Waals surface area contributed by atoms with Crippen LogP contribution in [-0.2, 0) is 4.79 Å². The van der Waals surface area contributed by atoms with Gasteiger partial charge in [0.1, 0.15) is 17.2 Å². The summed E-state index contributed by atoms with van der Waals surface area (Å²) in [7, 11) is 3.20. The topological polar surface area (TPSA) is 77.1 Å². The van der Waals surface area contributed by atoms with Crippen molar-refractivity contribution in [2.75, 3.05) is 31.0 Å². The summed E-state index contributed by atoms with van der Waals surface area (Å²) < 4.78 is 16.5. The minimum Gasteiger partial charge on any atom is -0.497 e. The van der Waals surface area contributed by atoms with Gasteiger partial charge in [0.15, 0.2) is 0 Å². The van der Waals surface area contributed by atoms with Gasteiger partial charge in [-0.3, -0.25) is 14.5 Å². The summed E-state index contributed by atoms with van der Waals surface area (Å²) in [5, 5.41) is 3.09. The van der Waals surface area contributed by atoms with Gasteiger partial charge in [-0.15, -0.1) is 0 Å². The highest BCUT2D eigenvalue weighted by Crippen LogP contribution is 2.46. The Labute approximate surface area is 227 Å². The van der Waals surface area contributed by atoms with Crippen LogP contribution >= 0.6 is 0 Å². The summed E-state index contributed by atoms with van der Waals surface area (Å²) in [5.41, 5.74) is 3.18. The molecule has 0 unspecified atom stereocenters. The van der Waals surface area contributed by atoms with E-state index in [0.29, 0.717) is 46.4 Å². The summed E-state index contributed by atoms with van der Waals surface area (Å²) in [6.07, 6.45) is 0. The number of hydrogen-bond acceptors (Lipinski definition) is 5. The zero-order valence-electron chi connectivity index (χ0n) is 22.1. The van der Waals surface area contributed by atoms with E-state index >= 15 is 0 Å². The number of carbonyl (C=O) groups excluding carboxylic acids is 2. The van der Waals surface area contributed by atoms with Crippen LogP contribution in [0.1, 0.15) is 40.4 Å². The fraction of sp³-hybridized carbons (Fsp3) is 0.188. The maximum Gasteiger partial charge on any atom is 0.259 e. The van der Waals surface area contributed by atoms with Gasteiger partial charge in [0.05, 0.1) is 38.5 Å². The number of methoxy groups -OCH3 is 2. The van der Waals surface area contributed by atoms with Gasteiger partial charge >= 0.3 is 0 Å². The average molecular weight is 523 g/mol. The maximum absolute atomic E-state index is 14.2. The molecule has 4 aromatic carbocycles. The number of nitrogens with zero attached hydrogens (tertiary/aromatic N) is 1. The Balaban J connectivity index is 1.67. The molecule has 39 heavy (non-hydrogen) atoms. The average Bonchev–Trinajstić information content (AvgIpc) is 2.98. The highest BCUT2D eigenvalue weighted by Gasteiger charge is 2.45. The predicted molar refractivity (Wildman–Crippen MR) is 151 cm³/mol. The molecule has 198 valence electrons. The van der Waals surface area contributed by atoms with Crippen molar-refractivity contribution in [2.24, 2.45) is 0 Å². The summed E-state index contributed by atoms with van der Waals surface area (Å²) in [6.45, 7) is 2.36. The van der Waals surface area contributed by atoms with Crippen molar-refractivity contribution < 1.29 is 23.8 Å². The lowest BCUT2D eigenvalue weighted by atomic mass is 9.78. The van der Waals surface area contributed by atoms with E-state index in [0.717, 1.165) is 5.56 Å². The van der Waals surface area contributed by atoms with Gasteiger partial charge in [0, 0.05) is 11.3 Å². The van der Waals surface area contributed by atoms with Crippen molar-refractivity contribution in [3.8, 4) is 17.2 Å². The Morgan fingerprint density at radius 2 is 1.44 bits per heavy atom. The number of benzene rings is 4. The summed E-state index contributed by atoms with van der Waals surface area (Å²) in [5.74, 6) is 0.790. The van der Waals surface area contributed by atoms with Gasteiger partial charge in [-0.1, -0.05) is 42.5 Å². The van der Waals surface area contributed by atoms with Crippen molar-refractivity contribution in [1.29, 1.82) is 0 Å². The summed E-state index contributed by atoms with van der Waals surface area (Å²) >= 11 is 0. The SMILES string of the molecule is CCOc1ccccc1NC(=O)[C@@H]1c2ccccc2C(=O)N(c2ccc(OC)cc2)[C@H]1c1ccc(OC)cc1. The number of ether oxygens (including phenoxy) is 3. The second-order valence-electron chi connectivity index (χ2n) is 9.07. The first kappa shape index (κ1) is 25.9. The van der Waals surface area contributed by atoms with E-state index in [9.17, 15) is 9.59 Å². The summed E-state index contributed by atoms with van der Waals surface area (Å²) in [4.78, 5) is 30.0. The number of para-hydroxylation sites is 2. The molecule has 0 radical (unpaired) electrons. The molecule has 0 fully saturated rings. The molecule has 0 aliphatic carbocycles. The van der Waals surface area contributed by atoms with E-state index in [2.05, 4.69) is 5.32 Å². The third kappa shape index (κ3) is 5.03. The molecule has 0 saturated heterocycles. The lowest BCUT2D eigenvalue weighted by molar-refractivity contribution is -0.118. The van der Waals surface area contributed by atoms with E-state index in [-0.39, 0.29) is 11.8 Å². The Morgan fingerprint density at radius 3 is 2.10 bits per heavy atom. The van der Waals surface area contributed by atoms with Crippen LogP contribution in [0.3, 0.4) is 0 Å². The van der Waals surface area contributed by atoms with Crippen LogP contribution in [0.5, 0.6) is 17.2 Å². The quantitative estimate of drug-likeness (QED) is 0.297. The number of nitrogens with one attached hydrogen (secondary N) is 1. The molecular weight excluding hydrogens is 492 g/mol. The van der Waals surface area contributed by atoms with Crippen molar-refractivity contribution in [3.63, 3.8) is 0 Å². The highest BCUT2D eigenvalue weighted by molar-refractivity contribution is 6.12. The molecule has 2 atom stereocenters. The molecule has 0 aromatic heterocycles. The molecule has 1 N–H and O–H groups in total. The zero-order valence-corrected chi connectivity index (χ0v) is 22.1. The predicted octanol–water partition coefficient (Wildman–Crippen LogP) is 6.23. The number of carbonyl (C=O) groups is 2. The normalized spacial score (nSPS) is 16.3. The first-order valence-corrected chi connectivity index (χ1v) is 12.8. The number of hydrogen-bond donors (Lipinski definition) is 1. The van der Waals surface area contributed by atoms with Crippen LogP contribution in [0, 0.1) is 0 Å². The second kappa shape index (κ2) is 11.3. The largest absolute Gasteiger partial charge is 0.497 e. The van der Waals surface area contributed by atoms with Crippen LogP contribution in [0.2, 0.25) is 0 Å². The van der Waals surface area contributed by atoms with Gasteiger partial charge in [0.2, 0.25) is 5.91 Å². The minimum absolute atomic E-state index is 0.185. The van der Waals surface area contributed by atoms with E-state index in [1.54, 1.807) is 25.2 Å². The number of fused-ring (bicyclic) bond motifs is 1. The lowest BCUT2D eigenvalue weighted by Crippen LogP contribution is -2.46. The molecule has 1 aliphatic heterocycles. The Morgan fingerprint density at radius 1 is 0.821 bits per heavy atom. The van der Waals surface area contributed by atoms with Crippen LogP contribution in [0.4, 0.5) is 11.4 Å². The molecular formula is C32H30N2O5. The zero-order chi connectivity index (χ0) is 27.4. The van der Waals surface area contributed by atoms with E-state index in [1.807, 2.05) is 97.9 Å². The third-order valence-electron chi connectivity index (χ3n) is 6.87. The number of amides is 2. The van der Waals surface area contributed by atoms with E-state index in [4.69, 9.17) is 14.2 Å². The first-order valence-electron chi connectivity index (χ1n) is 12.8. The van der Waals surface area contributed by atoms with Gasteiger partial charge < -0.3 is 19.5 Å². The van der Waals surface area contributed by atoms with Crippen molar-refractivity contribution in [3.05, 3.63) is 114 Å². The molecule has 2 amide bonds. The van der Waals surface area contributed by atoms with Crippen LogP contribution < -0.4 is 24.4 Å². The van der Waals surface area contributed by atoms with E-state index < -0.39 is 12.0 Å².